The molecule has 0 aliphatic heterocycles. The van der Waals surface area contributed by atoms with Crippen molar-refractivity contribution in [3.8, 4) is 0 Å². The van der Waals surface area contributed by atoms with Gasteiger partial charge in [0, 0.05) is 17.5 Å². The molecule has 19 heavy (non-hydrogen) atoms. The smallest absolute Gasteiger partial charge is 0.276 e. The van der Waals surface area contributed by atoms with Crippen molar-refractivity contribution in [2.45, 2.75) is 30.8 Å². The van der Waals surface area contributed by atoms with E-state index >= 15 is 0 Å². The number of hydrogen-bond donors (Lipinski definition) is 4. The van der Waals surface area contributed by atoms with Gasteiger partial charge in [-0.25, -0.2) is 0 Å². The summed E-state index contributed by atoms with van der Waals surface area (Å²) in [5.41, 5.74) is 0.0490. The third-order valence-corrected chi connectivity index (χ3v) is 3.50. The quantitative estimate of drug-likeness (QED) is 0.351. The molecule has 0 aromatic carbocycles. The van der Waals surface area contributed by atoms with Crippen LogP contribution < -0.4 is 5.56 Å². The Morgan fingerprint density at radius 2 is 1.95 bits per heavy atom. The maximum absolute atomic E-state index is 11.5. The van der Waals surface area contributed by atoms with E-state index in [0.29, 0.717) is 10.7 Å². The number of aromatic nitrogens is 2. The number of thioether (sulfide) groups is 1. The van der Waals surface area contributed by atoms with Crippen molar-refractivity contribution in [1.29, 1.82) is 0 Å². The lowest BCUT2D eigenvalue weighted by molar-refractivity contribution is 0.0785. The fourth-order valence-electron chi connectivity index (χ4n) is 1.34. The Kier molecular flexibility index (Phi) is 6.46. The normalized spacial score (nSPS) is 14.4. The number of hydrogen-bond acceptors (Lipinski definition) is 7. The van der Waals surface area contributed by atoms with Crippen LogP contribution in [-0.4, -0.2) is 61.2 Å². The molecule has 0 aliphatic rings. The Morgan fingerprint density at radius 3 is 2.53 bits per heavy atom. The molecule has 0 aliphatic carbocycles. The summed E-state index contributed by atoms with van der Waals surface area (Å²) in [6.45, 7) is 0.938. The van der Waals surface area contributed by atoms with Crippen LogP contribution in [0.3, 0.4) is 0 Å². The monoisotopic (exact) mass is 290 g/mol. The lowest BCUT2D eigenvalue weighted by Gasteiger charge is -2.16. The highest BCUT2D eigenvalue weighted by molar-refractivity contribution is 7.99. The van der Waals surface area contributed by atoms with E-state index < -0.39 is 18.8 Å². The summed E-state index contributed by atoms with van der Waals surface area (Å²) in [5.74, 6) is 0.182. The molecule has 0 amide bonds. The summed E-state index contributed by atoms with van der Waals surface area (Å²) < 4.78 is 1.55. The molecule has 8 heteroatoms. The van der Waals surface area contributed by atoms with Crippen LogP contribution in [0.25, 0.3) is 0 Å². The number of aryl methyl sites for hydroxylation is 1. The predicted molar refractivity (Wildman–Crippen MR) is 70.1 cm³/mol. The van der Waals surface area contributed by atoms with Gasteiger partial charge in [-0.1, -0.05) is 11.8 Å². The molecule has 0 bridgehead atoms. The van der Waals surface area contributed by atoms with Gasteiger partial charge in [-0.2, -0.15) is 4.98 Å². The fourth-order valence-corrected chi connectivity index (χ4v) is 2.23. The van der Waals surface area contributed by atoms with Gasteiger partial charge in [0.1, 0.15) is 0 Å². The first-order valence-corrected chi connectivity index (χ1v) is 6.75. The second-order valence-electron chi connectivity index (χ2n) is 4.15. The highest BCUT2D eigenvalue weighted by Crippen LogP contribution is 2.16. The van der Waals surface area contributed by atoms with Gasteiger partial charge in [0.05, 0.1) is 32.0 Å². The maximum atomic E-state index is 11.5. The molecule has 7 nitrogen and oxygen atoms in total. The van der Waals surface area contributed by atoms with Crippen molar-refractivity contribution in [3.05, 3.63) is 22.1 Å². The van der Waals surface area contributed by atoms with Gasteiger partial charge >= 0.3 is 0 Å². The van der Waals surface area contributed by atoms with Gasteiger partial charge in [-0.05, 0) is 6.92 Å². The van der Waals surface area contributed by atoms with Crippen LogP contribution in [0.5, 0.6) is 0 Å². The average molecular weight is 290 g/mol. The van der Waals surface area contributed by atoms with Crippen LogP contribution in [-0.2, 0) is 6.54 Å². The van der Waals surface area contributed by atoms with Crippen molar-refractivity contribution in [1.82, 2.24) is 9.55 Å². The van der Waals surface area contributed by atoms with Crippen molar-refractivity contribution in [3.63, 3.8) is 0 Å². The molecular formula is C11H18N2O5S. The second-order valence-corrected chi connectivity index (χ2v) is 5.13. The van der Waals surface area contributed by atoms with Crippen LogP contribution in [0, 0.1) is 6.92 Å². The molecular weight excluding hydrogens is 272 g/mol. The standard InChI is InChI=1S/C11H18N2O5S/c1-7-2-13(3-8(16)4-14)11(12-10(7)18)19-6-9(17)5-15/h2,8-9,14-17H,3-6H2,1H3. The molecule has 1 heterocycles. The molecule has 4 N–H and O–H groups in total. The molecule has 0 spiro atoms. The van der Waals surface area contributed by atoms with Crippen molar-refractivity contribution in [2.24, 2.45) is 0 Å². The molecule has 1 rings (SSSR count). The van der Waals surface area contributed by atoms with E-state index in [4.69, 9.17) is 10.2 Å². The SMILES string of the molecule is Cc1cn(CC(O)CO)c(SCC(O)CO)nc1=O. The van der Waals surface area contributed by atoms with E-state index in [1.54, 1.807) is 17.7 Å². The Labute approximate surface area is 114 Å². The number of nitrogens with zero attached hydrogens (tertiary/aromatic N) is 2. The summed E-state index contributed by atoms with van der Waals surface area (Å²) in [6, 6.07) is 0. The minimum atomic E-state index is -0.953. The summed E-state index contributed by atoms with van der Waals surface area (Å²) in [6.07, 6.45) is -0.313. The molecule has 0 radical (unpaired) electrons. The molecule has 1 aromatic heterocycles. The van der Waals surface area contributed by atoms with Crippen molar-refractivity contribution < 1.29 is 20.4 Å². The largest absolute Gasteiger partial charge is 0.394 e. The van der Waals surface area contributed by atoms with Crippen LogP contribution in [0.15, 0.2) is 16.1 Å². The van der Waals surface area contributed by atoms with E-state index in [-0.39, 0.29) is 24.5 Å². The summed E-state index contributed by atoms with van der Waals surface area (Å²) in [5, 5.41) is 36.6. The zero-order valence-electron chi connectivity index (χ0n) is 10.6. The number of rotatable bonds is 7. The Morgan fingerprint density at radius 1 is 1.32 bits per heavy atom. The second kappa shape index (κ2) is 7.61. The molecule has 1 aromatic rings. The summed E-state index contributed by atoms with van der Waals surface area (Å²) in [7, 11) is 0. The molecule has 0 saturated carbocycles. The van der Waals surface area contributed by atoms with Gasteiger partial charge in [0.25, 0.3) is 5.56 Å². The van der Waals surface area contributed by atoms with Crippen molar-refractivity contribution >= 4 is 11.8 Å². The van der Waals surface area contributed by atoms with Crippen LogP contribution in [0.1, 0.15) is 5.56 Å². The van der Waals surface area contributed by atoms with E-state index in [2.05, 4.69) is 4.98 Å². The van der Waals surface area contributed by atoms with E-state index in [0.717, 1.165) is 11.8 Å². The molecule has 2 unspecified atom stereocenters. The van der Waals surface area contributed by atoms with E-state index in [1.165, 1.54) is 0 Å². The summed E-state index contributed by atoms with van der Waals surface area (Å²) in [4.78, 5) is 15.4. The Bertz CT molecular complexity index is 465. The zero-order chi connectivity index (χ0) is 14.4. The first-order chi connectivity index (χ1) is 8.97. The lowest BCUT2D eigenvalue weighted by Crippen LogP contribution is -2.25. The Balaban J connectivity index is 2.92. The highest BCUT2D eigenvalue weighted by atomic mass is 32.2. The molecule has 108 valence electrons. The van der Waals surface area contributed by atoms with Crippen LogP contribution in [0.4, 0.5) is 0 Å². The average Bonchev–Trinajstić information content (AvgIpc) is 2.40. The van der Waals surface area contributed by atoms with Gasteiger partial charge < -0.3 is 25.0 Å². The van der Waals surface area contributed by atoms with Crippen LogP contribution >= 0.6 is 11.8 Å². The van der Waals surface area contributed by atoms with E-state index in [9.17, 15) is 15.0 Å². The third kappa shape index (κ3) is 4.92. The first kappa shape index (κ1) is 16.1. The molecule has 2 atom stereocenters. The van der Waals surface area contributed by atoms with E-state index in [1.807, 2.05) is 0 Å². The van der Waals surface area contributed by atoms with Crippen LogP contribution in [0.2, 0.25) is 0 Å². The zero-order valence-corrected chi connectivity index (χ0v) is 11.4. The highest BCUT2D eigenvalue weighted by Gasteiger charge is 2.12. The minimum Gasteiger partial charge on any atom is -0.394 e. The van der Waals surface area contributed by atoms with Gasteiger partial charge in [-0.3, -0.25) is 4.79 Å². The molecule has 0 fully saturated rings. The van der Waals surface area contributed by atoms with Gasteiger partial charge in [0.15, 0.2) is 5.16 Å². The van der Waals surface area contributed by atoms with Crippen molar-refractivity contribution in [2.75, 3.05) is 19.0 Å². The predicted octanol–water partition coefficient (Wildman–Crippen LogP) is -1.65. The summed E-state index contributed by atoms with van der Waals surface area (Å²) >= 11 is 1.10. The Hall–Kier alpha value is -0.930. The topological polar surface area (TPSA) is 116 Å². The number of aliphatic hydroxyl groups is 4. The lowest BCUT2D eigenvalue weighted by atomic mass is 10.3. The minimum absolute atomic E-state index is 0.0994. The third-order valence-electron chi connectivity index (χ3n) is 2.36. The number of aliphatic hydroxyl groups excluding tert-OH is 4. The van der Waals surface area contributed by atoms with Gasteiger partial charge in [-0.15, -0.1) is 0 Å². The fraction of sp³-hybridized carbons (Fsp3) is 0.636. The van der Waals surface area contributed by atoms with Gasteiger partial charge in [0.2, 0.25) is 0 Å². The maximum Gasteiger partial charge on any atom is 0.276 e. The molecule has 0 saturated heterocycles. The first-order valence-electron chi connectivity index (χ1n) is 5.76.